The van der Waals surface area contributed by atoms with Gasteiger partial charge in [0.1, 0.15) is 0 Å². The standard InChI is InChI=1S/C23H21F3N2O/c24-23(25,26)20-7-3-17(4-8-20)13-19-15-28(16-19)22(29)14-18-5-9-21(10-6-18)27-11-1-2-12-27/h1-12,19H,13-16H2. The summed E-state index contributed by atoms with van der Waals surface area (Å²) in [4.78, 5) is 14.3. The van der Waals surface area contributed by atoms with Crippen molar-refractivity contribution in [1.29, 1.82) is 0 Å². The van der Waals surface area contributed by atoms with Gasteiger partial charge in [0.2, 0.25) is 5.91 Å². The van der Waals surface area contributed by atoms with Crippen molar-refractivity contribution in [1.82, 2.24) is 9.47 Å². The number of hydrogen-bond acceptors (Lipinski definition) is 1. The van der Waals surface area contributed by atoms with Gasteiger partial charge >= 0.3 is 6.18 Å². The van der Waals surface area contributed by atoms with Crippen LogP contribution in [0.1, 0.15) is 16.7 Å². The van der Waals surface area contributed by atoms with Crippen LogP contribution in [0.2, 0.25) is 0 Å². The molecule has 1 aliphatic rings. The first-order valence-corrected chi connectivity index (χ1v) is 9.55. The summed E-state index contributed by atoms with van der Waals surface area (Å²) in [5.41, 5.74) is 2.26. The minimum atomic E-state index is -4.31. The summed E-state index contributed by atoms with van der Waals surface area (Å²) in [5, 5.41) is 0. The van der Waals surface area contributed by atoms with Crippen molar-refractivity contribution in [3.63, 3.8) is 0 Å². The van der Waals surface area contributed by atoms with E-state index in [0.717, 1.165) is 28.9 Å². The fourth-order valence-electron chi connectivity index (χ4n) is 3.64. The molecule has 2 heterocycles. The fourth-order valence-corrected chi connectivity index (χ4v) is 3.64. The topological polar surface area (TPSA) is 25.2 Å². The number of hydrogen-bond donors (Lipinski definition) is 0. The van der Waals surface area contributed by atoms with Gasteiger partial charge in [-0.2, -0.15) is 13.2 Å². The average Bonchev–Trinajstić information content (AvgIpc) is 3.19. The number of carbonyl (C=O) groups excluding carboxylic acids is 1. The van der Waals surface area contributed by atoms with Crippen LogP contribution >= 0.6 is 0 Å². The van der Waals surface area contributed by atoms with Gasteiger partial charge in [-0.15, -0.1) is 0 Å². The van der Waals surface area contributed by atoms with Crippen LogP contribution in [0, 0.1) is 5.92 Å². The van der Waals surface area contributed by atoms with Crippen LogP contribution in [-0.4, -0.2) is 28.5 Å². The third kappa shape index (κ3) is 4.53. The highest BCUT2D eigenvalue weighted by Gasteiger charge is 2.32. The molecule has 0 aliphatic carbocycles. The molecule has 3 aromatic rings. The minimum Gasteiger partial charge on any atom is -0.342 e. The van der Waals surface area contributed by atoms with Crippen LogP contribution in [0.5, 0.6) is 0 Å². The van der Waals surface area contributed by atoms with Crippen molar-refractivity contribution in [2.24, 2.45) is 5.92 Å². The third-order valence-corrected chi connectivity index (χ3v) is 5.31. The highest BCUT2D eigenvalue weighted by atomic mass is 19.4. The number of rotatable bonds is 5. The van der Waals surface area contributed by atoms with E-state index in [-0.39, 0.29) is 5.91 Å². The lowest BCUT2D eigenvalue weighted by molar-refractivity contribution is -0.138. The number of halogens is 3. The van der Waals surface area contributed by atoms with Crippen molar-refractivity contribution in [2.45, 2.75) is 19.0 Å². The maximum Gasteiger partial charge on any atom is 0.416 e. The van der Waals surface area contributed by atoms with Crippen molar-refractivity contribution >= 4 is 5.91 Å². The van der Waals surface area contributed by atoms with E-state index >= 15 is 0 Å². The van der Waals surface area contributed by atoms with Gasteiger partial charge < -0.3 is 9.47 Å². The molecule has 0 bridgehead atoms. The molecular formula is C23H21F3N2O. The Labute approximate surface area is 167 Å². The van der Waals surface area contributed by atoms with Crippen LogP contribution < -0.4 is 0 Å². The third-order valence-electron chi connectivity index (χ3n) is 5.31. The monoisotopic (exact) mass is 398 g/mol. The van der Waals surface area contributed by atoms with E-state index in [0.29, 0.717) is 31.8 Å². The summed E-state index contributed by atoms with van der Waals surface area (Å²) < 4.78 is 39.9. The lowest BCUT2D eigenvalue weighted by Gasteiger charge is -2.39. The molecule has 0 unspecified atom stereocenters. The summed E-state index contributed by atoms with van der Waals surface area (Å²) in [5.74, 6) is 0.384. The molecule has 1 saturated heterocycles. The largest absolute Gasteiger partial charge is 0.416 e. The van der Waals surface area contributed by atoms with E-state index < -0.39 is 11.7 Å². The van der Waals surface area contributed by atoms with Crippen LogP contribution in [-0.2, 0) is 23.8 Å². The number of likely N-dealkylation sites (tertiary alicyclic amines) is 1. The Balaban J connectivity index is 1.26. The second-order valence-corrected chi connectivity index (χ2v) is 7.50. The normalized spacial score (nSPS) is 14.7. The highest BCUT2D eigenvalue weighted by molar-refractivity contribution is 5.79. The van der Waals surface area contributed by atoms with E-state index in [2.05, 4.69) is 0 Å². The van der Waals surface area contributed by atoms with Gasteiger partial charge in [-0.25, -0.2) is 0 Å². The Morgan fingerprint density at radius 3 is 2.07 bits per heavy atom. The molecule has 3 nitrogen and oxygen atoms in total. The number of amides is 1. The zero-order valence-electron chi connectivity index (χ0n) is 15.8. The molecule has 1 fully saturated rings. The maximum absolute atomic E-state index is 12.6. The Bertz CT molecular complexity index is 955. The Morgan fingerprint density at radius 1 is 0.897 bits per heavy atom. The first-order valence-electron chi connectivity index (χ1n) is 9.55. The van der Waals surface area contributed by atoms with Gasteiger partial charge in [0, 0.05) is 31.2 Å². The lowest BCUT2D eigenvalue weighted by Crippen LogP contribution is -2.51. The zero-order valence-corrected chi connectivity index (χ0v) is 15.8. The summed E-state index contributed by atoms with van der Waals surface area (Å²) in [7, 11) is 0. The molecule has 0 N–H and O–H groups in total. The van der Waals surface area contributed by atoms with Crippen LogP contribution in [0.3, 0.4) is 0 Å². The smallest absolute Gasteiger partial charge is 0.342 e. The van der Waals surface area contributed by atoms with Gasteiger partial charge in [-0.1, -0.05) is 24.3 Å². The number of alkyl halides is 3. The molecule has 4 rings (SSSR count). The lowest BCUT2D eigenvalue weighted by atomic mass is 9.91. The van der Waals surface area contributed by atoms with E-state index in [9.17, 15) is 18.0 Å². The summed E-state index contributed by atoms with van der Waals surface area (Å²) in [6, 6.07) is 17.1. The van der Waals surface area contributed by atoms with Crippen molar-refractivity contribution in [3.8, 4) is 5.69 Å². The van der Waals surface area contributed by atoms with Crippen molar-refractivity contribution in [2.75, 3.05) is 13.1 Å². The highest BCUT2D eigenvalue weighted by Crippen LogP contribution is 2.30. The molecule has 150 valence electrons. The van der Waals surface area contributed by atoms with Crippen LogP contribution in [0.4, 0.5) is 13.2 Å². The van der Waals surface area contributed by atoms with E-state index in [4.69, 9.17) is 0 Å². The predicted molar refractivity (Wildman–Crippen MR) is 105 cm³/mol. The van der Waals surface area contributed by atoms with Crippen molar-refractivity contribution in [3.05, 3.63) is 89.7 Å². The van der Waals surface area contributed by atoms with E-state index in [1.165, 1.54) is 12.1 Å². The average molecular weight is 398 g/mol. The molecular weight excluding hydrogens is 377 g/mol. The maximum atomic E-state index is 12.6. The molecule has 1 aromatic heterocycles. The second-order valence-electron chi connectivity index (χ2n) is 7.50. The quantitative estimate of drug-likeness (QED) is 0.610. The number of aromatic nitrogens is 1. The van der Waals surface area contributed by atoms with Gasteiger partial charge in [-0.05, 0) is 59.9 Å². The summed E-state index contributed by atoms with van der Waals surface area (Å²) in [6.45, 7) is 1.31. The van der Waals surface area contributed by atoms with Crippen LogP contribution in [0.15, 0.2) is 73.1 Å². The van der Waals surface area contributed by atoms with Gasteiger partial charge in [0.05, 0.1) is 12.0 Å². The predicted octanol–water partition coefficient (Wildman–Crippen LogP) is 4.74. The number of carbonyl (C=O) groups is 1. The van der Waals surface area contributed by atoms with Gasteiger partial charge in [-0.3, -0.25) is 4.79 Å². The van der Waals surface area contributed by atoms with E-state index in [1.54, 1.807) is 0 Å². The molecule has 0 atom stereocenters. The molecule has 0 saturated carbocycles. The Morgan fingerprint density at radius 2 is 1.48 bits per heavy atom. The second kappa shape index (κ2) is 7.78. The molecule has 1 amide bonds. The SMILES string of the molecule is O=C(Cc1ccc(-n2cccc2)cc1)N1CC(Cc2ccc(C(F)(F)F)cc2)C1. The fraction of sp³-hybridized carbons (Fsp3) is 0.261. The van der Waals surface area contributed by atoms with E-state index in [1.807, 2.05) is 58.3 Å². The van der Waals surface area contributed by atoms with Gasteiger partial charge in [0.15, 0.2) is 0 Å². The minimum absolute atomic E-state index is 0.0855. The summed E-state index contributed by atoms with van der Waals surface area (Å²) >= 11 is 0. The molecule has 2 aromatic carbocycles. The Hall–Kier alpha value is -3.02. The number of benzene rings is 2. The van der Waals surface area contributed by atoms with Gasteiger partial charge in [0.25, 0.3) is 0 Å². The summed E-state index contributed by atoms with van der Waals surface area (Å²) in [6.07, 6.45) is 0.679. The van der Waals surface area contributed by atoms with Crippen molar-refractivity contribution < 1.29 is 18.0 Å². The molecule has 1 aliphatic heterocycles. The Kier molecular flexibility index (Phi) is 5.18. The molecule has 6 heteroatoms. The first-order chi connectivity index (χ1) is 13.9. The van der Waals surface area contributed by atoms with Crippen LogP contribution in [0.25, 0.3) is 5.69 Å². The molecule has 29 heavy (non-hydrogen) atoms. The first kappa shape index (κ1) is 19.3. The molecule has 0 spiro atoms. The molecule has 0 radical (unpaired) electrons. The number of nitrogens with zero attached hydrogens (tertiary/aromatic N) is 2. The zero-order chi connectivity index (χ0) is 20.4.